The van der Waals surface area contributed by atoms with Crippen molar-refractivity contribution in [2.75, 3.05) is 4.90 Å². The normalized spacial score (nSPS) is 12.2. The van der Waals surface area contributed by atoms with Crippen LogP contribution in [-0.4, -0.2) is 19.9 Å². The molecule has 1 N–H and O–H groups in total. The number of halogens is 2. The monoisotopic (exact) mass is 377 g/mol. The smallest absolute Gasteiger partial charge is 0.148 e. The van der Waals surface area contributed by atoms with Gasteiger partial charge in [0.25, 0.3) is 0 Å². The molecule has 3 aromatic heterocycles. The van der Waals surface area contributed by atoms with Gasteiger partial charge in [0.05, 0.1) is 34.6 Å². The van der Waals surface area contributed by atoms with Gasteiger partial charge in [0.15, 0.2) is 0 Å². The van der Waals surface area contributed by atoms with Crippen LogP contribution in [0.4, 0.5) is 21.6 Å². The van der Waals surface area contributed by atoms with E-state index in [0.29, 0.717) is 16.5 Å². The SMILES string of the molecule is Cc1ccc(F)c(N2c3cnccc3-c3[nH]cnc3-c3cccnc32)c1Cl. The van der Waals surface area contributed by atoms with Crippen LogP contribution in [0.25, 0.3) is 22.5 Å². The quantitative estimate of drug-likeness (QED) is 0.424. The second-order valence-electron chi connectivity index (χ2n) is 6.26. The van der Waals surface area contributed by atoms with E-state index >= 15 is 0 Å². The summed E-state index contributed by atoms with van der Waals surface area (Å²) in [5, 5.41) is 0.333. The van der Waals surface area contributed by atoms with Crippen LogP contribution in [0.2, 0.25) is 5.02 Å². The van der Waals surface area contributed by atoms with Gasteiger partial charge in [0, 0.05) is 23.5 Å². The van der Waals surface area contributed by atoms with Gasteiger partial charge in [-0.2, -0.15) is 0 Å². The summed E-state index contributed by atoms with van der Waals surface area (Å²) in [5.74, 6) is 0.111. The fraction of sp³-hybridized carbons (Fsp3) is 0.0500. The maximum atomic E-state index is 15.0. The van der Waals surface area contributed by atoms with Gasteiger partial charge in [-0.05, 0) is 36.8 Å². The highest BCUT2D eigenvalue weighted by atomic mass is 35.5. The third-order valence-electron chi connectivity index (χ3n) is 4.69. The van der Waals surface area contributed by atoms with Crippen molar-refractivity contribution in [2.45, 2.75) is 6.92 Å². The third kappa shape index (κ3) is 2.27. The molecule has 1 aliphatic rings. The molecule has 0 aliphatic carbocycles. The van der Waals surface area contributed by atoms with Crippen LogP contribution in [0.15, 0.2) is 55.2 Å². The summed E-state index contributed by atoms with van der Waals surface area (Å²) in [5.41, 5.74) is 4.89. The summed E-state index contributed by atoms with van der Waals surface area (Å²) >= 11 is 6.55. The van der Waals surface area contributed by atoms with Crippen molar-refractivity contribution >= 4 is 28.8 Å². The number of nitrogens with zero attached hydrogens (tertiary/aromatic N) is 4. The van der Waals surface area contributed by atoms with E-state index in [2.05, 4.69) is 19.9 Å². The fourth-order valence-electron chi connectivity index (χ4n) is 3.43. The summed E-state index contributed by atoms with van der Waals surface area (Å²) in [6.07, 6.45) is 6.68. The first-order valence-electron chi connectivity index (χ1n) is 8.34. The number of aromatic amines is 1. The van der Waals surface area contributed by atoms with Gasteiger partial charge < -0.3 is 4.98 Å². The minimum Gasteiger partial charge on any atom is -0.344 e. The minimum atomic E-state index is -0.435. The number of H-pyrrole nitrogens is 1. The van der Waals surface area contributed by atoms with Gasteiger partial charge in [-0.15, -0.1) is 0 Å². The summed E-state index contributed by atoms with van der Waals surface area (Å²) in [6.45, 7) is 1.84. The first kappa shape index (κ1) is 16.0. The molecule has 27 heavy (non-hydrogen) atoms. The molecule has 0 radical (unpaired) electrons. The van der Waals surface area contributed by atoms with E-state index in [0.717, 1.165) is 28.1 Å². The second-order valence-corrected chi connectivity index (χ2v) is 6.63. The van der Waals surface area contributed by atoms with Crippen molar-refractivity contribution in [3.8, 4) is 22.5 Å². The lowest BCUT2D eigenvalue weighted by molar-refractivity contribution is 0.628. The van der Waals surface area contributed by atoms with E-state index in [1.165, 1.54) is 6.07 Å². The van der Waals surface area contributed by atoms with Crippen LogP contribution in [0.1, 0.15) is 5.56 Å². The van der Waals surface area contributed by atoms with E-state index in [9.17, 15) is 4.39 Å². The molecule has 1 aliphatic heterocycles. The Hall–Kier alpha value is -3.25. The predicted molar refractivity (Wildman–Crippen MR) is 103 cm³/mol. The molecule has 132 valence electrons. The van der Waals surface area contributed by atoms with Crippen molar-refractivity contribution in [1.82, 2.24) is 19.9 Å². The summed E-state index contributed by atoms with van der Waals surface area (Å²) < 4.78 is 15.0. The van der Waals surface area contributed by atoms with Crippen molar-refractivity contribution in [1.29, 1.82) is 0 Å². The minimum absolute atomic E-state index is 0.246. The Labute approximate surface area is 159 Å². The molecule has 5 nitrogen and oxygen atoms in total. The average molecular weight is 378 g/mol. The standard InChI is InChI=1S/C20H13ClFN5/c1-11-4-5-14(22)19(16(11)21)27-15-9-23-8-6-12(15)17-18(26-10-25-17)13-3-2-7-24-20(13)27/h2-10H,1H3,(H,25,26). The topological polar surface area (TPSA) is 57.7 Å². The first-order chi connectivity index (χ1) is 13.2. The number of rotatable bonds is 1. The van der Waals surface area contributed by atoms with Gasteiger partial charge in [-0.25, -0.2) is 14.4 Å². The number of aryl methyl sites for hydroxylation is 1. The molecule has 0 bridgehead atoms. The van der Waals surface area contributed by atoms with Gasteiger partial charge in [-0.1, -0.05) is 17.7 Å². The molecule has 0 saturated carbocycles. The molecular weight excluding hydrogens is 365 g/mol. The zero-order valence-corrected chi connectivity index (χ0v) is 15.0. The molecule has 4 heterocycles. The maximum Gasteiger partial charge on any atom is 0.148 e. The molecule has 0 unspecified atom stereocenters. The first-order valence-corrected chi connectivity index (χ1v) is 8.72. The molecule has 0 amide bonds. The van der Waals surface area contributed by atoms with Crippen molar-refractivity contribution < 1.29 is 4.39 Å². The Morgan fingerprint density at radius 3 is 2.85 bits per heavy atom. The number of hydrogen-bond donors (Lipinski definition) is 1. The molecule has 0 spiro atoms. The Morgan fingerprint density at radius 1 is 1.07 bits per heavy atom. The predicted octanol–water partition coefficient (Wildman–Crippen LogP) is 5.42. The maximum absolute atomic E-state index is 15.0. The van der Waals surface area contributed by atoms with Gasteiger partial charge in [0.1, 0.15) is 17.3 Å². The lowest BCUT2D eigenvalue weighted by Gasteiger charge is -2.27. The highest BCUT2D eigenvalue weighted by Gasteiger charge is 2.31. The van der Waals surface area contributed by atoms with Crippen molar-refractivity contribution in [3.05, 3.63) is 71.7 Å². The van der Waals surface area contributed by atoms with Gasteiger partial charge in [0.2, 0.25) is 0 Å². The number of pyridine rings is 2. The van der Waals surface area contributed by atoms with E-state index < -0.39 is 5.82 Å². The fourth-order valence-corrected chi connectivity index (χ4v) is 3.66. The lowest BCUT2D eigenvalue weighted by Crippen LogP contribution is -2.15. The van der Waals surface area contributed by atoms with Crippen LogP contribution in [-0.2, 0) is 0 Å². The van der Waals surface area contributed by atoms with E-state index in [1.54, 1.807) is 35.9 Å². The van der Waals surface area contributed by atoms with Crippen molar-refractivity contribution in [2.24, 2.45) is 0 Å². The molecule has 5 rings (SSSR count). The second kappa shape index (κ2) is 5.89. The summed E-state index contributed by atoms with van der Waals surface area (Å²) in [7, 11) is 0. The van der Waals surface area contributed by atoms with E-state index in [1.807, 2.05) is 25.1 Å². The highest BCUT2D eigenvalue weighted by molar-refractivity contribution is 6.34. The highest BCUT2D eigenvalue weighted by Crippen LogP contribution is 2.50. The van der Waals surface area contributed by atoms with Crippen molar-refractivity contribution in [3.63, 3.8) is 0 Å². The molecule has 0 saturated heterocycles. The Kier molecular flexibility index (Phi) is 3.48. The zero-order chi connectivity index (χ0) is 18.5. The van der Waals surface area contributed by atoms with Gasteiger partial charge in [-0.3, -0.25) is 9.88 Å². The third-order valence-corrected chi connectivity index (χ3v) is 5.16. The van der Waals surface area contributed by atoms with Crippen LogP contribution < -0.4 is 4.90 Å². The molecule has 0 fully saturated rings. The summed E-state index contributed by atoms with van der Waals surface area (Å²) in [6, 6.07) is 8.69. The lowest BCUT2D eigenvalue weighted by atomic mass is 10.1. The zero-order valence-electron chi connectivity index (χ0n) is 14.2. The van der Waals surface area contributed by atoms with E-state index in [4.69, 9.17) is 11.6 Å². The Bertz CT molecular complexity index is 1120. The number of anilines is 3. The number of benzene rings is 1. The van der Waals surface area contributed by atoms with Crippen LogP contribution in [0.3, 0.4) is 0 Å². The number of hydrogen-bond acceptors (Lipinski definition) is 4. The molecule has 4 aromatic rings. The average Bonchev–Trinajstić information content (AvgIpc) is 3.14. The molecular formula is C20H13ClFN5. The number of fused-ring (bicyclic) bond motifs is 5. The molecule has 0 atom stereocenters. The van der Waals surface area contributed by atoms with E-state index in [-0.39, 0.29) is 5.69 Å². The van der Waals surface area contributed by atoms with Crippen LogP contribution >= 0.6 is 11.6 Å². The largest absolute Gasteiger partial charge is 0.344 e. The number of aromatic nitrogens is 4. The van der Waals surface area contributed by atoms with Crippen LogP contribution in [0.5, 0.6) is 0 Å². The molecule has 7 heteroatoms. The number of imidazole rings is 1. The number of nitrogens with one attached hydrogen (secondary N) is 1. The Balaban J connectivity index is 1.94. The van der Waals surface area contributed by atoms with Crippen LogP contribution in [0, 0.1) is 12.7 Å². The Morgan fingerprint density at radius 2 is 1.96 bits per heavy atom. The van der Waals surface area contributed by atoms with Gasteiger partial charge >= 0.3 is 0 Å². The molecule has 1 aromatic carbocycles. The summed E-state index contributed by atoms with van der Waals surface area (Å²) in [4.78, 5) is 18.2.